The minimum Gasteiger partial charge on any atom is -0.391 e. The van der Waals surface area contributed by atoms with Crippen molar-refractivity contribution >= 4 is 23.1 Å². The molecule has 1 aromatic rings. The Morgan fingerprint density at radius 2 is 2.11 bits per heavy atom. The summed E-state index contributed by atoms with van der Waals surface area (Å²) in [6.45, 7) is 1.09. The van der Waals surface area contributed by atoms with E-state index in [0.29, 0.717) is 30.9 Å². The Morgan fingerprint density at radius 1 is 1.44 bits per heavy atom. The normalized spacial score (nSPS) is 18.9. The minimum absolute atomic E-state index is 0.0506. The number of hydrogen-bond acceptors (Lipinski definition) is 3. The third-order valence-corrected chi connectivity index (χ3v) is 3.35. The molecule has 1 aliphatic heterocycles. The Balaban J connectivity index is 1.97. The lowest BCUT2D eigenvalue weighted by Gasteiger charge is -2.15. The Morgan fingerprint density at radius 3 is 2.61 bits per heavy atom. The van der Waals surface area contributed by atoms with Gasteiger partial charge in [0.05, 0.1) is 12.5 Å². The maximum atomic E-state index is 11.9. The standard InChI is InChI=1S/C13H16N2O2S/c14-13(18)10-3-1-9(2-4-10)7-12(17)15-6-5-11(16)8-15/h1-4,11,16H,5-8H2,(H2,14,18). The first-order valence-corrected chi connectivity index (χ1v) is 6.31. The quantitative estimate of drug-likeness (QED) is 0.778. The van der Waals surface area contributed by atoms with Crippen LogP contribution in [-0.2, 0) is 11.2 Å². The van der Waals surface area contributed by atoms with Crippen molar-refractivity contribution < 1.29 is 9.90 Å². The molecule has 3 N–H and O–H groups in total. The van der Waals surface area contributed by atoms with Crippen LogP contribution in [0.3, 0.4) is 0 Å². The monoisotopic (exact) mass is 264 g/mol. The van der Waals surface area contributed by atoms with Crippen molar-refractivity contribution in [2.75, 3.05) is 13.1 Å². The fourth-order valence-corrected chi connectivity index (χ4v) is 2.18. The topological polar surface area (TPSA) is 66.6 Å². The first kappa shape index (κ1) is 13.0. The number of thiocarbonyl (C=S) groups is 1. The molecule has 1 saturated heterocycles. The van der Waals surface area contributed by atoms with E-state index in [1.807, 2.05) is 24.3 Å². The van der Waals surface area contributed by atoms with Crippen LogP contribution in [0, 0.1) is 0 Å². The smallest absolute Gasteiger partial charge is 0.227 e. The summed E-state index contributed by atoms with van der Waals surface area (Å²) in [6.07, 6.45) is 0.655. The number of amides is 1. The van der Waals surface area contributed by atoms with Crippen molar-refractivity contribution in [2.24, 2.45) is 5.73 Å². The van der Waals surface area contributed by atoms with Crippen LogP contribution in [0.25, 0.3) is 0 Å². The molecule has 5 heteroatoms. The number of nitrogens with two attached hydrogens (primary N) is 1. The molecule has 1 heterocycles. The Kier molecular flexibility index (Phi) is 3.93. The summed E-state index contributed by atoms with van der Waals surface area (Å²) in [6, 6.07) is 7.37. The second kappa shape index (κ2) is 5.46. The van der Waals surface area contributed by atoms with Gasteiger partial charge in [-0.05, 0) is 12.0 Å². The van der Waals surface area contributed by atoms with Crippen LogP contribution < -0.4 is 5.73 Å². The van der Waals surface area contributed by atoms with Gasteiger partial charge in [-0.15, -0.1) is 0 Å². The molecule has 1 amide bonds. The fourth-order valence-electron chi connectivity index (χ4n) is 2.04. The molecule has 1 aliphatic rings. The second-order valence-electron chi connectivity index (χ2n) is 4.52. The molecule has 0 aliphatic carbocycles. The van der Waals surface area contributed by atoms with E-state index in [2.05, 4.69) is 0 Å². The molecule has 0 bridgehead atoms. The van der Waals surface area contributed by atoms with E-state index in [-0.39, 0.29) is 12.0 Å². The lowest BCUT2D eigenvalue weighted by molar-refractivity contribution is -0.129. The van der Waals surface area contributed by atoms with Gasteiger partial charge in [0.15, 0.2) is 0 Å². The van der Waals surface area contributed by atoms with Gasteiger partial charge in [-0.2, -0.15) is 0 Å². The van der Waals surface area contributed by atoms with Crippen LogP contribution in [0.1, 0.15) is 17.5 Å². The highest BCUT2D eigenvalue weighted by Gasteiger charge is 2.24. The number of hydrogen-bond donors (Lipinski definition) is 2. The predicted molar refractivity (Wildman–Crippen MR) is 73.2 cm³/mol. The molecule has 1 aromatic carbocycles. The Labute approximate surface area is 111 Å². The highest BCUT2D eigenvalue weighted by Crippen LogP contribution is 2.12. The van der Waals surface area contributed by atoms with Crippen molar-refractivity contribution in [1.82, 2.24) is 4.90 Å². The maximum Gasteiger partial charge on any atom is 0.227 e. The first-order chi connectivity index (χ1) is 8.56. The van der Waals surface area contributed by atoms with E-state index >= 15 is 0 Å². The molecule has 2 rings (SSSR count). The Hall–Kier alpha value is -1.46. The molecule has 4 nitrogen and oxygen atoms in total. The molecule has 1 fully saturated rings. The van der Waals surface area contributed by atoms with E-state index in [1.54, 1.807) is 4.90 Å². The van der Waals surface area contributed by atoms with Crippen molar-refractivity contribution in [3.63, 3.8) is 0 Å². The van der Waals surface area contributed by atoms with Gasteiger partial charge in [0.2, 0.25) is 5.91 Å². The SMILES string of the molecule is NC(=S)c1ccc(CC(=O)N2CCC(O)C2)cc1. The molecule has 0 radical (unpaired) electrons. The van der Waals surface area contributed by atoms with Gasteiger partial charge < -0.3 is 15.7 Å². The first-order valence-electron chi connectivity index (χ1n) is 5.91. The zero-order valence-electron chi connectivity index (χ0n) is 10.0. The van der Waals surface area contributed by atoms with Gasteiger partial charge in [-0.1, -0.05) is 36.5 Å². The number of β-amino-alcohol motifs (C(OH)–C–C–N with tert-alkyl or cyclic N) is 1. The van der Waals surface area contributed by atoms with Gasteiger partial charge in [0, 0.05) is 18.7 Å². The van der Waals surface area contributed by atoms with Crippen molar-refractivity contribution in [3.8, 4) is 0 Å². The summed E-state index contributed by atoms with van der Waals surface area (Å²) in [5, 5.41) is 9.39. The third kappa shape index (κ3) is 3.05. The molecular formula is C13H16N2O2S. The summed E-state index contributed by atoms with van der Waals surface area (Å²) in [4.78, 5) is 14.0. The van der Waals surface area contributed by atoms with Crippen LogP contribution in [0.5, 0.6) is 0 Å². The second-order valence-corrected chi connectivity index (χ2v) is 4.96. The molecular weight excluding hydrogens is 248 g/mol. The fraction of sp³-hybridized carbons (Fsp3) is 0.385. The number of nitrogens with zero attached hydrogens (tertiary/aromatic N) is 1. The van der Waals surface area contributed by atoms with Crippen LogP contribution in [-0.4, -0.2) is 40.1 Å². The number of carbonyl (C=O) groups is 1. The summed E-state index contributed by atoms with van der Waals surface area (Å²) in [5.41, 5.74) is 7.24. The molecule has 18 heavy (non-hydrogen) atoms. The molecule has 96 valence electrons. The number of benzene rings is 1. The molecule has 0 spiro atoms. The lowest BCUT2D eigenvalue weighted by Crippen LogP contribution is -2.30. The Bertz CT molecular complexity index is 459. The molecule has 0 aromatic heterocycles. The number of aliphatic hydroxyl groups is 1. The zero-order valence-corrected chi connectivity index (χ0v) is 10.8. The molecule has 1 unspecified atom stereocenters. The summed E-state index contributed by atoms with van der Waals surface area (Å²) >= 11 is 4.87. The maximum absolute atomic E-state index is 11.9. The highest BCUT2D eigenvalue weighted by molar-refractivity contribution is 7.80. The van der Waals surface area contributed by atoms with Crippen molar-refractivity contribution in [3.05, 3.63) is 35.4 Å². The van der Waals surface area contributed by atoms with Crippen molar-refractivity contribution in [2.45, 2.75) is 18.9 Å². The summed E-state index contributed by atoms with van der Waals surface area (Å²) in [7, 11) is 0. The van der Waals surface area contributed by atoms with E-state index in [4.69, 9.17) is 18.0 Å². The zero-order chi connectivity index (χ0) is 13.1. The largest absolute Gasteiger partial charge is 0.391 e. The number of carbonyl (C=O) groups excluding carboxylic acids is 1. The average Bonchev–Trinajstić information content (AvgIpc) is 2.76. The number of likely N-dealkylation sites (tertiary alicyclic amines) is 1. The average molecular weight is 264 g/mol. The van der Waals surface area contributed by atoms with E-state index < -0.39 is 0 Å². The van der Waals surface area contributed by atoms with Crippen LogP contribution in [0.2, 0.25) is 0 Å². The molecule has 0 saturated carbocycles. The van der Waals surface area contributed by atoms with Gasteiger partial charge in [0.1, 0.15) is 4.99 Å². The van der Waals surface area contributed by atoms with Crippen LogP contribution in [0.15, 0.2) is 24.3 Å². The summed E-state index contributed by atoms with van der Waals surface area (Å²) in [5.74, 6) is 0.0506. The predicted octanol–water partition coefficient (Wildman–Crippen LogP) is 0.456. The van der Waals surface area contributed by atoms with Gasteiger partial charge in [0.25, 0.3) is 0 Å². The van der Waals surface area contributed by atoms with Gasteiger partial charge in [-0.25, -0.2) is 0 Å². The van der Waals surface area contributed by atoms with E-state index in [9.17, 15) is 9.90 Å². The van der Waals surface area contributed by atoms with Gasteiger partial charge in [-0.3, -0.25) is 4.79 Å². The van der Waals surface area contributed by atoms with Crippen LogP contribution in [0.4, 0.5) is 0 Å². The number of rotatable bonds is 3. The third-order valence-electron chi connectivity index (χ3n) is 3.11. The minimum atomic E-state index is -0.370. The molecule has 1 atom stereocenters. The van der Waals surface area contributed by atoms with E-state index in [1.165, 1.54) is 0 Å². The van der Waals surface area contributed by atoms with E-state index in [0.717, 1.165) is 11.1 Å². The van der Waals surface area contributed by atoms with Gasteiger partial charge >= 0.3 is 0 Å². The van der Waals surface area contributed by atoms with Crippen LogP contribution >= 0.6 is 12.2 Å². The lowest BCUT2D eigenvalue weighted by atomic mass is 10.1. The summed E-state index contributed by atoms with van der Waals surface area (Å²) < 4.78 is 0. The highest BCUT2D eigenvalue weighted by atomic mass is 32.1. The van der Waals surface area contributed by atoms with Crippen molar-refractivity contribution in [1.29, 1.82) is 0 Å². The number of aliphatic hydroxyl groups excluding tert-OH is 1.